The van der Waals surface area contributed by atoms with E-state index in [-0.39, 0.29) is 52.8 Å². The van der Waals surface area contributed by atoms with Gasteiger partial charge in [0, 0.05) is 1.43 Å². The molecule has 0 aromatic carbocycles. The van der Waals surface area contributed by atoms with E-state index in [1.54, 1.807) is 20.8 Å². The molecule has 0 rings (SSSR count). The summed E-state index contributed by atoms with van der Waals surface area (Å²) in [6.45, 7) is 5.23. The maximum absolute atomic E-state index is 8.52. The molecule has 1 N–H and O–H groups in total. The molecule has 36 valence electrons. The van der Waals surface area contributed by atoms with E-state index in [0.717, 1.165) is 0 Å². The zero-order valence-electron chi connectivity index (χ0n) is 3.95. The van der Waals surface area contributed by atoms with Gasteiger partial charge in [-0.25, -0.2) is 0 Å². The van der Waals surface area contributed by atoms with Crippen LogP contribution in [0.5, 0.6) is 0 Å². The van der Waals surface area contributed by atoms with E-state index in [2.05, 4.69) is 0 Å². The summed E-state index contributed by atoms with van der Waals surface area (Å²) in [6, 6.07) is 0. The van der Waals surface area contributed by atoms with E-state index < -0.39 is 5.60 Å². The van der Waals surface area contributed by atoms with E-state index in [9.17, 15) is 0 Å². The molecule has 0 atom stereocenters. The summed E-state index contributed by atoms with van der Waals surface area (Å²) in [6.07, 6.45) is 0. The van der Waals surface area contributed by atoms with Gasteiger partial charge in [0.2, 0.25) is 0 Å². The summed E-state index contributed by atoms with van der Waals surface area (Å²) in [5.74, 6) is 0. The Kier molecular flexibility index (Phi) is 6.30. The third kappa shape index (κ3) is 46.4. The van der Waals surface area contributed by atoms with Crippen molar-refractivity contribution in [2.75, 3.05) is 0 Å². The second-order valence-electron chi connectivity index (χ2n) is 2.17. The Hall–Kier alpha value is 1.60. The van der Waals surface area contributed by atoms with E-state index >= 15 is 0 Å². The van der Waals surface area contributed by atoms with Crippen molar-refractivity contribution in [3.8, 4) is 0 Å². The van der Waals surface area contributed by atoms with Crippen molar-refractivity contribution in [2.45, 2.75) is 26.4 Å². The molecule has 6 heavy (non-hydrogen) atoms. The van der Waals surface area contributed by atoms with Crippen LogP contribution in [0.25, 0.3) is 0 Å². The zero-order chi connectivity index (χ0) is 4.50. The summed E-state index contributed by atoms with van der Waals surface area (Å²) in [4.78, 5) is 0. The molecule has 0 aliphatic heterocycles. The predicted molar refractivity (Wildman–Crippen MR) is 31.2 cm³/mol. The third-order valence-electron chi connectivity index (χ3n) is 0. The van der Waals surface area contributed by atoms with Crippen LogP contribution < -0.4 is 0 Å². The topological polar surface area (TPSA) is 20.2 Å². The van der Waals surface area contributed by atoms with Gasteiger partial charge in [-0.15, -0.1) is 0 Å². The van der Waals surface area contributed by atoms with Crippen molar-refractivity contribution < 1.29 is 6.53 Å². The van der Waals surface area contributed by atoms with Gasteiger partial charge in [-0.3, -0.25) is 0 Å². The molecule has 0 aliphatic rings. The molecule has 0 saturated carbocycles. The van der Waals surface area contributed by atoms with Gasteiger partial charge in [0.1, 0.15) is 0 Å². The first-order valence-corrected chi connectivity index (χ1v) is 1.72. The van der Waals surface area contributed by atoms with Crippen LogP contribution in [0.15, 0.2) is 0 Å². The Morgan fingerprint density at radius 3 is 1.33 bits per heavy atom. The molecule has 0 fully saturated rings. The zero-order valence-corrected chi connectivity index (χ0v) is 3.95. The van der Waals surface area contributed by atoms with Crippen molar-refractivity contribution >= 4 is 51.4 Å². The van der Waals surface area contributed by atoms with E-state index in [4.69, 9.17) is 5.11 Å². The van der Waals surface area contributed by atoms with Crippen LogP contribution in [0.1, 0.15) is 22.2 Å². The van der Waals surface area contributed by atoms with Crippen LogP contribution in [0.3, 0.4) is 0 Å². The average Bonchev–Trinajstić information content (AvgIpc) is 0.722. The number of hydrogen-bond acceptors (Lipinski definition) is 1. The first-order chi connectivity index (χ1) is 2.00. The molecule has 0 aromatic rings. The van der Waals surface area contributed by atoms with Gasteiger partial charge >= 0.3 is 51.4 Å². The van der Waals surface area contributed by atoms with Gasteiger partial charge in [0.25, 0.3) is 0 Å². The number of rotatable bonds is 0. The van der Waals surface area contributed by atoms with Crippen LogP contribution in [-0.4, -0.2) is 62.1 Å². The second kappa shape index (κ2) is 3.58. The summed E-state index contributed by atoms with van der Waals surface area (Å²) < 4.78 is 0. The molecule has 0 radical (unpaired) electrons. The predicted octanol–water partition coefficient (Wildman–Crippen LogP) is 0.375. The Bertz CT molecular complexity index is 27.2. The normalized spacial score (nSPS) is 10.0. The molecular weight excluding hydrogens is 103 g/mol. The fourth-order valence-corrected chi connectivity index (χ4v) is 0. The van der Waals surface area contributed by atoms with Crippen LogP contribution >= 0.6 is 0 Å². The standard InChI is InChI=1S/C4H10O.K.H2.H/c1-4(2,3)5;;;/h5H,1-3H3;;1H;. The van der Waals surface area contributed by atoms with Crippen molar-refractivity contribution in [3.63, 3.8) is 0 Å². The van der Waals surface area contributed by atoms with E-state index in [1.165, 1.54) is 0 Å². The minimum atomic E-state index is -0.500. The fraction of sp³-hybridized carbons (Fsp3) is 1.00. The number of hydrogen-bond donors (Lipinski definition) is 1. The summed E-state index contributed by atoms with van der Waals surface area (Å²) in [5.41, 5.74) is -0.500. The van der Waals surface area contributed by atoms with Crippen molar-refractivity contribution in [3.05, 3.63) is 0 Å². The molecule has 0 aromatic heterocycles. The molecule has 0 spiro atoms. The first kappa shape index (κ1) is 10.6. The summed E-state index contributed by atoms with van der Waals surface area (Å²) in [5, 5.41) is 8.52. The summed E-state index contributed by atoms with van der Waals surface area (Å²) in [7, 11) is 0. The Morgan fingerprint density at radius 2 is 1.33 bits per heavy atom. The molecule has 2 heteroatoms. The van der Waals surface area contributed by atoms with Crippen LogP contribution in [0.4, 0.5) is 0 Å². The van der Waals surface area contributed by atoms with Crippen LogP contribution in [0.2, 0.25) is 0 Å². The Morgan fingerprint density at radius 1 is 1.33 bits per heavy atom. The Balaban J connectivity index is -0.0000000800. The molecule has 1 nitrogen and oxygen atoms in total. The maximum atomic E-state index is 8.52. The molecule has 0 unspecified atom stereocenters. The molecule has 0 aliphatic carbocycles. The Labute approximate surface area is 83.0 Å². The molecule has 0 heterocycles. The third-order valence-corrected chi connectivity index (χ3v) is 0. The van der Waals surface area contributed by atoms with Crippen molar-refractivity contribution in [1.82, 2.24) is 0 Å². The second-order valence-corrected chi connectivity index (χ2v) is 2.17. The molecule has 0 saturated heterocycles. The summed E-state index contributed by atoms with van der Waals surface area (Å²) >= 11 is 0. The van der Waals surface area contributed by atoms with Crippen LogP contribution in [0, 0.1) is 0 Å². The van der Waals surface area contributed by atoms with Gasteiger partial charge in [-0.05, 0) is 20.8 Å². The SMILES string of the molecule is CC(C)(C)O.[HH].[KH]. The monoisotopic (exact) mass is 116 g/mol. The van der Waals surface area contributed by atoms with Gasteiger partial charge in [0.15, 0.2) is 0 Å². The van der Waals surface area contributed by atoms with Crippen molar-refractivity contribution in [1.29, 1.82) is 0 Å². The van der Waals surface area contributed by atoms with E-state index in [0.29, 0.717) is 0 Å². The first-order valence-electron chi connectivity index (χ1n) is 1.72. The van der Waals surface area contributed by atoms with Gasteiger partial charge < -0.3 is 5.11 Å². The van der Waals surface area contributed by atoms with Crippen molar-refractivity contribution in [2.24, 2.45) is 0 Å². The molecule has 0 amide bonds. The molecular formula is C4H13KO. The average molecular weight is 116 g/mol. The quantitative estimate of drug-likeness (QED) is 0.453. The molecule has 0 bridgehead atoms. The van der Waals surface area contributed by atoms with Crippen LogP contribution in [-0.2, 0) is 0 Å². The van der Waals surface area contributed by atoms with E-state index in [1.807, 2.05) is 0 Å². The van der Waals surface area contributed by atoms with Gasteiger partial charge in [-0.2, -0.15) is 0 Å². The number of aliphatic hydroxyl groups is 1. The minimum absolute atomic E-state index is 0. The van der Waals surface area contributed by atoms with Gasteiger partial charge in [0.05, 0.1) is 5.60 Å². The van der Waals surface area contributed by atoms with Gasteiger partial charge in [-0.1, -0.05) is 0 Å². The fourth-order valence-electron chi connectivity index (χ4n) is 0.